The van der Waals surface area contributed by atoms with Gasteiger partial charge in [-0.1, -0.05) is 30.3 Å². The molecule has 0 aliphatic rings. The Morgan fingerprint density at radius 1 is 1.00 bits per heavy atom. The van der Waals surface area contributed by atoms with Crippen LogP contribution in [0.1, 0.15) is 26.3 Å². The summed E-state index contributed by atoms with van der Waals surface area (Å²) in [6.45, 7) is -0.729. The summed E-state index contributed by atoms with van der Waals surface area (Å²) in [5.74, 6) is 2.99. The molecule has 0 fully saturated rings. The van der Waals surface area contributed by atoms with E-state index in [2.05, 4.69) is 10.2 Å². The molecule has 1 amide bonds. The molecule has 0 heterocycles. The average molecular weight is 314 g/mol. The number of hydrogen-bond acceptors (Lipinski definition) is 6. The minimum atomic E-state index is -0.854. The number of carbonyl (C=O) groups excluding carboxylic acids is 3. The van der Waals surface area contributed by atoms with Crippen molar-refractivity contribution in [3.8, 4) is 0 Å². The number of nitrogens with two attached hydrogens (primary N) is 1. The predicted octanol–water partition coefficient (Wildman–Crippen LogP) is 0.879. The molecule has 0 radical (unpaired) electrons. The molecule has 7 heteroatoms. The number of aliphatic hydroxyl groups excluding tert-OH is 1. The van der Waals surface area contributed by atoms with Crippen LogP contribution in [-0.2, 0) is 9.63 Å². The van der Waals surface area contributed by atoms with E-state index in [-0.39, 0.29) is 22.6 Å². The summed E-state index contributed by atoms with van der Waals surface area (Å²) in [6, 6.07) is 12.5. The molecular formula is C16H14N2O5. The van der Waals surface area contributed by atoms with Gasteiger partial charge in [-0.2, -0.15) is 5.90 Å². The van der Waals surface area contributed by atoms with Gasteiger partial charge in [-0.15, -0.1) is 0 Å². The van der Waals surface area contributed by atoms with Crippen molar-refractivity contribution in [2.24, 2.45) is 5.90 Å². The van der Waals surface area contributed by atoms with Crippen LogP contribution in [0.4, 0.5) is 5.69 Å². The van der Waals surface area contributed by atoms with Crippen LogP contribution in [0.5, 0.6) is 0 Å². The highest BCUT2D eigenvalue weighted by Gasteiger charge is 2.16. The van der Waals surface area contributed by atoms with Gasteiger partial charge in [0.2, 0.25) is 5.91 Å². The molecule has 0 saturated heterocycles. The topological polar surface area (TPSA) is 119 Å². The maximum absolute atomic E-state index is 12.5. The Bertz CT molecular complexity index is 743. The number of hydrogen-bond donors (Lipinski definition) is 3. The Labute approximate surface area is 131 Å². The molecule has 2 aromatic carbocycles. The highest BCUT2D eigenvalue weighted by molar-refractivity contribution is 6.11. The number of rotatable bonds is 5. The maximum Gasteiger partial charge on any atom is 0.356 e. The molecule has 0 aliphatic heterocycles. The van der Waals surface area contributed by atoms with Crippen molar-refractivity contribution >= 4 is 23.3 Å². The number of amides is 1. The molecular weight excluding hydrogens is 300 g/mol. The van der Waals surface area contributed by atoms with Gasteiger partial charge in [-0.3, -0.25) is 9.59 Å². The molecule has 0 saturated carbocycles. The van der Waals surface area contributed by atoms with Crippen LogP contribution < -0.4 is 11.2 Å². The lowest BCUT2D eigenvalue weighted by Gasteiger charge is -2.09. The van der Waals surface area contributed by atoms with Gasteiger partial charge in [0.25, 0.3) is 0 Å². The lowest BCUT2D eigenvalue weighted by atomic mass is 10.0. The zero-order chi connectivity index (χ0) is 16.8. The van der Waals surface area contributed by atoms with Crippen LogP contribution in [-0.4, -0.2) is 29.4 Å². The van der Waals surface area contributed by atoms with Crippen LogP contribution in [0.2, 0.25) is 0 Å². The lowest BCUT2D eigenvalue weighted by molar-refractivity contribution is -0.118. The third-order valence-electron chi connectivity index (χ3n) is 3.00. The summed E-state index contributed by atoms with van der Waals surface area (Å²) in [7, 11) is 0. The van der Waals surface area contributed by atoms with Crippen LogP contribution >= 0.6 is 0 Å². The molecule has 2 rings (SSSR count). The van der Waals surface area contributed by atoms with E-state index in [0.717, 1.165) is 0 Å². The molecule has 0 aromatic heterocycles. The largest absolute Gasteiger partial charge is 0.387 e. The average Bonchev–Trinajstić information content (AvgIpc) is 2.60. The Balaban J connectivity index is 2.45. The summed E-state index contributed by atoms with van der Waals surface area (Å²) in [4.78, 5) is 39.5. The van der Waals surface area contributed by atoms with Crippen molar-refractivity contribution in [2.75, 3.05) is 11.9 Å². The quantitative estimate of drug-likeness (QED) is 0.557. The van der Waals surface area contributed by atoms with Crippen LogP contribution in [0.15, 0.2) is 48.5 Å². The first-order valence-electron chi connectivity index (χ1n) is 6.61. The van der Waals surface area contributed by atoms with E-state index < -0.39 is 18.5 Å². The fourth-order valence-electron chi connectivity index (χ4n) is 1.97. The van der Waals surface area contributed by atoms with Gasteiger partial charge >= 0.3 is 5.97 Å². The molecule has 23 heavy (non-hydrogen) atoms. The van der Waals surface area contributed by atoms with E-state index in [9.17, 15) is 14.4 Å². The van der Waals surface area contributed by atoms with E-state index in [0.29, 0.717) is 5.56 Å². The number of ketones is 1. The molecule has 2 aromatic rings. The minimum Gasteiger partial charge on any atom is -0.387 e. The standard InChI is InChI=1S/C16H14N2O5/c17-23-16(22)12-6-11(7-13(8-12)18-14(20)9-19)15(21)10-4-2-1-3-5-10/h1-8,19H,9,17H2,(H,18,20). The molecule has 7 nitrogen and oxygen atoms in total. The Hall–Kier alpha value is -3.03. The normalized spacial score (nSPS) is 10.0. The van der Waals surface area contributed by atoms with Crippen molar-refractivity contribution in [2.45, 2.75) is 0 Å². The highest BCUT2D eigenvalue weighted by Crippen LogP contribution is 2.19. The van der Waals surface area contributed by atoms with E-state index in [1.165, 1.54) is 18.2 Å². The second kappa shape index (κ2) is 7.30. The fraction of sp³-hybridized carbons (Fsp3) is 0.0625. The van der Waals surface area contributed by atoms with Gasteiger partial charge < -0.3 is 15.3 Å². The maximum atomic E-state index is 12.5. The zero-order valence-corrected chi connectivity index (χ0v) is 12.0. The Morgan fingerprint density at radius 3 is 2.26 bits per heavy atom. The monoisotopic (exact) mass is 314 g/mol. The van der Waals surface area contributed by atoms with Gasteiger partial charge in [0.15, 0.2) is 5.78 Å². The molecule has 0 bridgehead atoms. The lowest BCUT2D eigenvalue weighted by Crippen LogP contribution is -2.17. The SMILES string of the molecule is NOC(=O)c1cc(NC(=O)CO)cc(C(=O)c2ccccc2)c1. The van der Waals surface area contributed by atoms with Crippen molar-refractivity contribution in [3.63, 3.8) is 0 Å². The smallest absolute Gasteiger partial charge is 0.356 e. The summed E-state index contributed by atoms with van der Waals surface area (Å²) in [5, 5.41) is 11.2. The molecule has 0 atom stereocenters. The predicted molar refractivity (Wildman–Crippen MR) is 81.6 cm³/mol. The van der Waals surface area contributed by atoms with Crippen molar-refractivity contribution in [1.82, 2.24) is 0 Å². The number of carbonyl (C=O) groups is 3. The van der Waals surface area contributed by atoms with E-state index in [1.807, 2.05) is 0 Å². The van der Waals surface area contributed by atoms with Crippen LogP contribution in [0.25, 0.3) is 0 Å². The second-order valence-electron chi connectivity index (χ2n) is 4.61. The molecule has 0 spiro atoms. The fourth-order valence-corrected chi connectivity index (χ4v) is 1.97. The van der Waals surface area contributed by atoms with Crippen molar-refractivity contribution in [1.29, 1.82) is 0 Å². The molecule has 0 aliphatic carbocycles. The summed E-state index contributed by atoms with van der Waals surface area (Å²) < 4.78 is 0. The Kier molecular flexibility index (Phi) is 5.19. The minimum absolute atomic E-state index is 0.00233. The summed E-state index contributed by atoms with van der Waals surface area (Å²) in [5.41, 5.74) is 0.770. The first-order valence-corrected chi connectivity index (χ1v) is 6.61. The van der Waals surface area contributed by atoms with E-state index in [1.54, 1.807) is 30.3 Å². The van der Waals surface area contributed by atoms with Crippen LogP contribution in [0.3, 0.4) is 0 Å². The number of aliphatic hydroxyl groups is 1. The number of anilines is 1. The van der Waals surface area contributed by atoms with Gasteiger partial charge in [0.05, 0.1) is 5.56 Å². The second-order valence-corrected chi connectivity index (χ2v) is 4.61. The van der Waals surface area contributed by atoms with E-state index >= 15 is 0 Å². The Morgan fingerprint density at radius 2 is 1.65 bits per heavy atom. The first kappa shape index (κ1) is 16.3. The van der Waals surface area contributed by atoms with Crippen molar-refractivity contribution in [3.05, 3.63) is 65.2 Å². The zero-order valence-electron chi connectivity index (χ0n) is 12.0. The highest BCUT2D eigenvalue weighted by atomic mass is 16.7. The van der Waals surface area contributed by atoms with Crippen molar-refractivity contribution < 1.29 is 24.3 Å². The van der Waals surface area contributed by atoms with Gasteiger partial charge in [-0.05, 0) is 18.2 Å². The summed E-state index contributed by atoms with van der Waals surface area (Å²) >= 11 is 0. The van der Waals surface area contributed by atoms with Gasteiger partial charge in [-0.25, -0.2) is 4.79 Å². The molecule has 118 valence electrons. The molecule has 0 unspecified atom stereocenters. The number of nitrogens with one attached hydrogen (secondary N) is 1. The van der Waals surface area contributed by atoms with E-state index in [4.69, 9.17) is 11.0 Å². The third kappa shape index (κ3) is 4.00. The molecule has 4 N–H and O–H groups in total. The number of benzene rings is 2. The van der Waals surface area contributed by atoms with Gasteiger partial charge in [0, 0.05) is 16.8 Å². The first-order chi connectivity index (χ1) is 11.0. The van der Waals surface area contributed by atoms with Crippen LogP contribution in [0, 0.1) is 0 Å². The summed E-state index contributed by atoms with van der Waals surface area (Å²) in [6.07, 6.45) is 0. The third-order valence-corrected chi connectivity index (χ3v) is 3.00. The van der Waals surface area contributed by atoms with Gasteiger partial charge in [0.1, 0.15) is 6.61 Å².